The van der Waals surface area contributed by atoms with Crippen LogP contribution in [0, 0.1) is 0 Å². The Morgan fingerprint density at radius 1 is 1.21 bits per heavy atom. The number of carbonyl (C=O) groups is 1. The minimum Gasteiger partial charge on any atom is -0.303 e. The Kier molecular flexibility index (Phi) is 3.54. The number of aldehydes is 1. The van der Waals surface area contributed by atoms with E-state index < -0.39 is 0 Å². The number of rotatable bonds is 3. The lowest BCUT2D eigenvalue weighted by molar-refractivity contribution is -0.108. The van der Waals surface area contributed by atoms with Gasteiger partial charge in [-0.15, -0.1) is 0 Å². The zero-order valence-electron chi connectivity index (χ0n) is 8.82. The molecule has 2 rings (SSSR count). The van der Waals surface area contributed by atoms with Crippen LogP contribution in [0.1, 0.15) is 25.7 Å². The van der Waals surface area contributed by atoms with Crippen molar-refractivity contribution in [2.45, 2.75) is 31.7 Å². The molecular formula is C11H20N2O. The topological polar surface area (TPSA) is 23.6 Å². The zero-order valence-corrected chi connectivity index (χ0v) is 8.82. The molecule has 0 bridgehead atoms. The van der Waals surface area contributed by atoms with Crippen LogP contribution in [-0.4, -0.2) is 54.9 Å². The van der Waals surface area contributed by atoms with Gasteiger partial charge in [0.1, 0.15) is 6.29 Å². The van der Waals surface area contributed by atoms with Crippen molar-refractivity contribution in [3.8, 4) is 0 Å². The summed E-state index contributed by atoms with van der Waals surface area (Å²) in [7, 11) is 0. The molecule has 2 aliphatic rings. The van der Waals surface area contributed by atoms with E-state index in [0.717, 1.165) is 25.4 Å². The van der Waals surface area contributed by atoms with Crippen LogP contribution in [0.15, 0.2) is 0 Å². The number of fused-ring (bicyclic) bond motifs is 1. The summed E-state index contributed by atoms with van der Waals surface area (Å²) < 4.78 is 0. The third-order valence-electron chi connectivity index (χ3n) is 3.48. The van der Waals surface area contributed by atoms with E-state index in [1.165, 1.54) is 38.9 Å². The van der Waals surface area contributed by atoms with Gasteiger partial charge in [0, 0.05) is 38.6 Å². The minimum atomic E-state index is 0.701. The quantitative estimate of drug-likeness (QED) is 0.622. The first kappa shape index (κ1) is 10.1. The van der Waals surface area contributed by atoms with Crippen molar-refractivity contribution in [2.24, 2.45) is 0 Å². The maximum Gasteiger partial charge on any atom is 0.121 e. The van der Waals surface area contributed by atoms with Gasteiger partial charge in [-0.3, -0.25) is 4.90 Å². The molecule has 2 fully saturated rings. The smallest absolute Gasteiger partial charge is 0.121 e. The predicted octanol–water partition coefficient (Wildman–Crippen LogP) is 0.745. The lowest BCUT2D eigenvalue weighted by Gasteiger charge is -2.44. The highest BCUT2D eigenvalue weighted by atomic mass is 16.1. The fourth-order valence-electron chi connectivity index (χ4n) is 2.66. The van der Waals surface area contributed by atoms with E-state index in [1.54, 1.807) is 0 Å². The van der Waals surface area contributed by atoms with Crippen LogP contribution in [0.3, 0.4) is 0 Å². The molecule has 1 atom stereocenters. The van der Waals surface area contributed by atoms with E-state index in [1.807, 2.05) is 0 Å². The molecule has 0 aliphatic carbocycles. The maximum absolute atomic E-state index is 10.3. The second-order valence-electron chi connectivity index (χ2n) is 4.44. The Bertz CT molecular complexity index is 196. The van der Waals surface area contributed by atoms with Gasteiger partial charge in [0.05, 0.1) is 0 Å². The first-order valence-electron chi connectivity index (χ1n) is 5.80. The van der Waals surface area contributed by atoms with Gasteiger partial charge in [-0.1, -0.05) is 6.42 Å². The van der Waals surface area contributed by atoms with E-state index in [2.05, 4.69) is 9.80 Å². The van der Waals surface area contributed by atoms with E-state index in [4.69, 9.17) is 0 Å². The van der Waals surface area contributed by atoms with Gasteiger partial charge in [0.25, 0.3) is 0 Å². The SMILES string of the molecule is O=CCCN1CCN2CCCCC2C1. The van der Waals surface area contributed by atoms with Gasteiger partial charge in [0.15, 0.2) is 0 Å². The van der Waals surface area contributed by atoms with Crippen LogP contribution in [0.4, 0.5) is 0 Å². The lowest BCUT2D eigenvalue weighted by Crippen LogP contribution is -2.54. The molecule has 0 spiro atoms. The first-order chi connectivity index (χ1) is 6.90. The van der Waals surface area contributed by atoms with Crippen LogP contribution in [0.5, 0.6) is 0 Å². The second-order valence-corrected chi connectivity index (χ2v) is 4.44. The summed E-state index contributed by atoms with van der Waals surface area (Å²) in [5, 5.41) is 0. The van der Waals surface area contributed by atoms with Crippen LogP contribution in [0.25, 0.3) is 0 Å². The number of carbonyl (C=O) groups excluding carboxylic acids is 1. The molecule has 0 aromatic rings. The molecule has 3 nitrogen and oxygen atoms in total. The average molecular weight is 196 g/mol. The van der Waals surface area contributed by atoms with E-state index in [9.17, 15) is 4.79 Å². The molecule has 2 saturated heterocycles. The van der Waals surface area contributed by atoms with Crippen molar-refractivity contribution in [2.75, 3.05) is 32.7 Å². The molecule has 80 valence electrons. The third kappa shape index (κ3) is 2.34. The molecule has 0 aromatic heterocycles. The Morgan fingerprint density at radius 2 is 2.14 bits per heavy atom. The van der Waals surface area contributed by atoms with E-state index >= 15 is 0 Å². The summed E-state index contributed by atoms with van der Waals surface area (Å²) in [6.07, 6.45) is 5.87. The molecule has 0 radical (unpaired) electrons. The van der Waals surface area contributed by atoms with Crippen molar-refractivity contribution in [3.63, 3.8) is 0 Å². The molecular weight excluding hydrogens is 176 g/mol. The zero-order chi connectivity index (χ0) is 9.80. The Labute approximate surface area is 86.1 Å². The Morgan fingerprint density at radius 3 is 3.00 bits per heavy atom. The van der Waals surface area contributed by atoms with Gasteiger partial charge in [-0.05, 0) is 19.4 Å². The number of hydrogen-bond acceptors (Lipinski definition) is 3. The second kappa shape index (κ2) is 4.89. The first-order valence-corrected chi connectivity index (χ1v) is 5.80. The van der Waals surface area contributed by atoms with Crippen molar-refractivity contribution >= 4 is 6.29 Å². The van der Waals surface area contributed by atoms with E-state index in [-0.39, 0.29) is 0 Å². The van der Waals surface area contributed by atoms with E-state index in [0.29, 0.717) is 6.42 Å². The van der Waals surface area contributed by atoms with Crippen LogP contribution >= 0.6 is 0 Å². The summed E-state index contributed by atoms with van der Waals surface area (Å²) in [6.45, 7) is 5.82. The number of nitrogens with zero attached hydrogens (tertiary/aromatic N) is 2. The van der Waals surface area contributed by atoms with Crippen LogP contribution < -0.4 is 0 Å². The van der Waals surface area contributed by atoms with Gasteiger partial charge in [0.2, 0.25) is 0 Å². The summed E-state index contributed by atoms with van der Waals surface area (Å²) in [5.41, 5.74) is 0. The van der Waals surface area contributed by atoms with Crippen molar-refractivity contribution in [1.82, 2.24) is 9.80 Å². The fraction of sp³-hybridized carbons (Fsp3) is 0.909. The molecule has 0 aromatic carbocycles. The predicted molar refractivity (Wildman–Crippen MR) is 56.3 cm³/mol. The summed E-state index contributed by atoms with van der Waals surface area (Å²) in [4.78, 5) is 15.4. The molecule has 2 aliphatic heterocycles. The van der Waals surface area contributed by atoms with Gasteiger partial charge in [-0.25, -0.2) is 0 Å². The number of piperazine rings is 1. The molecule has 0 amide bonds. The standard InChI is InChI=1S/C11H20N2O/c14-9-3-5-12-7-8-13-6-2-1-4-11(13)10-12/h9,11H,1-8,10H2. The molecule has 3 heteroatoms. The normalized spacial score (nSPS) is 29.9. The molecule has 1 unspecified atom stereocenters. The largest absolute Gasteiger partial charge is 0.303 e. The van der Waals surface area contributed by atoms with Crippen molar-refractivity contribution in [1.29, 1.82) is 0 Å². The number of hydrogen-bond donors (Lipinski definition) is 0. The minimum absolute atomic E-state index is 0.701. The molecule has 2 heterocycles. The summed E-state index contributed by atoms with van der Waals surface area (Å²) in [6, 6.07) is 0.782. The summed E-state index contributed by atoms with van der Waals surface area (Å²) in [5.74, 6) is 0. The van der Waals surface area contributed by atoms with Crippen molar-refractivity contribution in [3.05, 3.63) is 0 Å². The maximum atomic E-state index is 10.3. The molecule has 0 N–H and O–H groups in total. The van der Waals surface area contributed by atoms with Crippen LogP contribution in [-0.2, 0) is 4.79 Å². The number of piperidine rings is 1. The Hall–Kier alpha value is -0.410. The monoisotopic (exact) mass is 196 g/mol. The van der Waals surface area contributed by atoms with Gasteiger partial charge >= 0.3 is 0 Å². The van der Waals surface area contributed by atoms with Crippen LogP contribution in [0.2, 0.25) is 0 Å². The van der Waals surface area contributed by atoms with Crippen molar-refractivity contribution < 1.29 is 4.79 Å². The highest BCUT2D eigenvalue weighted by molar-refractivity contribution is 5.49. The summed E-state index contributed by atoms with van der Waals surface area (Å²) >= 11 is 0. The average Bonchev–Trinajstić information content (AvgIpc) is 2.26. The van der Waals surface area contributed by atoms with Gasteiger partial charge in [-0.2, -0.15) is 0 Å². The van der Waals surface area contributed by atoms with Gasteiger partial charge < -0.3 is 9.69 Å². The highest BCUT2D eigenvalue weighted by Gasteiger charge is 2.28. The highest BCUT2D eigenvalue weighted by Crippen LogP contribution is 2.20. The third-order valence-corrected chi connectivity index (χ3v) is 3.48. The molecule has 0 saturated carbocycles. The molecule has 14 heavy (non-hydrogen) atoms. The lowest BCUT2D eigenvalue weighted by atomic mass is 9.99. The Balaban J connectivity index is 1.80. The fourth-order valence-corrected chi connectivity index (χ4v) is 2.66.